The van der Waals surface area contributed by atoms with Crippen LogP contribution < -0.4 is 20.1 Å². The monoisotopic (exact) mass is 935 g/mol. The first kappa shape index (κ1) is 47.8. The lowest BCUT2D eigenvalue weighted by Crippen LogP contribution is -2.58. The Balaban J connectivity index is 0.930. The molecule has 4 N–H and O–H groups in total. The summed E-state index contributed by atoms with van der Waals surface area (Å²) in [4.78, 5) is 64.0. The number of amides is 3. The van der Waals surface area contributed by atoms with Crippen molar-refractivity contribution < 1.29 is 43.3 Å². The van der Waals surface area contributed by atoms with Crippen LogP contribution in [0.15, 0.2) is 96.5 Å². The van der Waals surface area contributed by atoms with Crippen LogP contribution in [0.3, 0.4) is 0 Å². The zero-order chi connectivity index (χ0) is 47.3. The van der Waals surface area contributed by atoms with E-state index in [1.165, 1.54) is 35.2 Å². The molecule has 0 bridgehead atoms. The van der Waals surface area contributed by atoms with E-state index >= 15 is 0 Å². The number of fused-ring (bicyclic) bond motifs is 1. The number of aromatic nitrogens is 1. The molecule has 1 fully saturated rings. The normalized spacial score (nSPS) is 16.0. The maximum absolute atomic E-state index is 14.2. The number of thiazole rings is 1. The lowest BCUT2D eigenvalue weighted by Gasteiger charge is -2.36. The smallest absolute Gasteiger partial charge is 0.246 e. The number of hydrogen-bond donors (Lipinski definition) is 4. The van der Waals surface area contributed by atoms with Crippen LogP contribution in [-0.2, 0) is 14.4 Å². The van der Waals surface area contributed by atoms with Crippen LogP contribution in [0, 0.1) is 18.2 Å². The van der Waals surface area contributed by atoms with Crippen molar-refractivity contribution >= 4 is 56.3 Å². The molecule has 13 nitrogen and oxygen atoms in total. The van der Waals surface area contributed by atoms with Gasteiger partial charge in [-0.2, -0.15) is 0 Å². The highest BCUT2D eigenvalue weighted by molar-refractivity contribution is 7.21. The highest BCUT2D eigenvalue weighted by atomic mass is 32.1. The number of phenols is 1. The molecule has 0 spiro atoms. The molecular weight excluding hydrogens is 882 g/mol. The second kappa shape index (κ2) is 20.5. The van der Waals surface area contributed by atoms with Crippen molar-refractivity contribution in [3.63, 3.8) is 0 Å². The third-order valence-electron chi connectivity index (χ3n) is 11.5. The first-order valence-corrected chi connectivity index (χ1v) is 23.5. The minimum Gasteiger partial charge on any atom is -0.508 e. The van der Waals surface area contributed by atoms with Gasteiger partial charge >= 0.3 is 0 Å². The van der Waals surface area contributed by atoms with Gasteiger partial charge in [-0.1, -0.05) is 64.1 Å². The van der Waals surface area contributed by atoms with E-state index in [1.54, 1.807) is 47.7 Å². The molecule has 3 heterocycles. The van der Waals surface area contributed by atoms with Gasteiger partial charge in [0.25, 0.3) is 0 Å². The number of rotatable bonds is 17. The predicted molar refractivity (Wildman–Crippen MR) is 254 cm³/mol. The molecule has 4 aromatic carbocycles. The van der Waals surface area contributed by atoms with Crippen LogP contribution in [0.5, 0.6) is 23.0 Å². The highest BCUT2D eigenvalue weighted by Crippen LogP contribution is 2.43. The van der Waals surface area contributed by atoms with Crippen LogP contribution in [0.1, 0.15) is 73.6 Å². The summed E-state index contributed by atoms with van der Waals surface area (Å²) in [6.45, 7) is 12.4. The summed E-state index contributed by atoms with van der Waals surface area (Å²) in [6, 6.07) is 22.6. The second-order valence-corrected chi connectivity index (χ2v) is 19.4. The van der Waals surface area contributed by atoms with Gasteiger partial charge in [0.15, 0.2) is 5.75 Å². The van der Waals surface area contributed by atoms with Gasteiger partial charge in [-0.05, 0) is 91.5 Å². The van der Waals surface area contributed by atoms with Crippen molar-refractivity contribution in [3.05, 3.63) is 124 Å². The molecule has 1 aliphatic rings. The number of nitrogens with one attached hydrogen (secondary N) is 2. The molecule has 2 aromatic heterocycles. The van der Waals surface area contributed by atoms with Crippen molar-refractivity contribution in [2.45, 2.75) is 72.2 Å². The number of β-amino-alcohol motifs (C(OH)–C–C–N with tert-alkyl or cyclic N) is 1. The molecule has 1 aliphatic heterocycles. The standard InChI is InChI=1S/C50H54FN5O8S2/c1-7-55(21-22-63-37-16-18-38(19-17-37)64-44-39-20-15-35(57)25-41(39)66-46(44)43(60)33-9-8-10-34(51)23-33)27-42(59)54-47(50(4,5)6)49(62)56-26-36(58)24-40(56)48(61)53-29(2)31-11-13-32(14-12-31)45-30(3)52-28-65-45/h8-20,23,25,28-29,36,40,47,57-58H,7,21-22,24,26-27H2,1-6H3,(H,53,61)(H,54,59)/t29?,36?,40?,47-/m1/s1. The Kier molecular flexibility index (Phi) is 14.9. The average molecular weight is 936 g/mol. The Hall–Kier alpha value is -6.20. The molecule has 1 saturated heterocycles. The van der Waals surface area contributed by atoms with Gasteiger partial charge < -0.3 is 35.2 Å². The summed E-state index contributed by atoms with van der Waals surface area (Å²) in [5.41, 5.74) is 4.14. The number of ketones is 1. The first-order valence-electron chi connectivity index (χ1n) is 21.8. The number of likely N-dealkylation sites (N-methyl/N-ethyl adjacent to an activating group) is 1. The molecule has 0 radical (unpaired) electrons. The maximum Gasteiger partial charge on any atom is 0.246 e. The number of ether oxygens (including phenoxy) is 2. The number of likely N-dealkylation sites (tertiary alicyclic amines) is 1. The van der Waals surface area contributed by atoms with Gasteiger partial charge in [0.2, 0.25) is 23.5 Å². The van der Waals surface area contributed by atoms with Gasteiger partial charge in [0.05, 0.1) is 34.8 Å². The summed E-state index contributed by atoms with van der Waals surface area (Å²) < 4.78 is 26.9. The molecule has 66 heavy (non-hydrogen) atoms. The molecule has 3 unspecified atom stereocenters. The number of hydrogen-bond acceptors (Lipinski definition) is 12. The van der Waals surface area contributed by atoms with Gasteiger partial charge in [-0.15, -0.1) is 22.7 Å². The van der Waals surface area contributed by atoms with Crippen LogP contribution in [0.2, 0.25) is 0 Å². The number of aliphatic hydroxyl groups excluding tert-OH is 1. The molecule has 4 atom stereocenters. The number of phenolic OH excluding ortho intramolecular Hbond substituents is 1. The number of aryl methyl sites for hydroxylation is 1. The summed E-state index contributed by atoms with van der Waals surface area (Å²) in [6.07, 6.45) is -0.817. The average Bonchev–Trinajstić information content (AvgIpc) is 4.00. The SMILES string of the molecule is CCN(CCOc1ccc(Oc2c(C(=O)c3cccc(F)c3)sc3cc(O)ccc23)cc1)CC(=O)N[C@H](C(=O)N1CC(O)CC1C(=O)NC(C)c1ccc(-c2scnc2C)cc1)C(C)(C)C. The summed E-state index contributed by atoms with van der Waals surface area (Å²) in [5.74, 6) is -0.844. The van der Waals surface area contributed by atoms with Crippen molar-refractivity contribution in [2.24, 2.45) is 5.41 Å². The largest absolute Gasteiger partial charge is 0.508 e. The zero-order valence-corrected chi connectivity index (χ0v) is 39.3. The Bertz CT molecular complexity index is 2700. The number of halogens is 1. The number of nitrogens with zero attached hydrogens (tertiary/aromatic N) is 3. The Labute approximate surface area is 391 Å². The zero-order valence-electron chi connectivity index (χ0n) is 37.7. The lowest BCUT2D eigenvalue weighted by molar-refractivity contribution is -0.144. The Morgan fingerprint density at radius 1 is 0.985 bits per heavy atom. The van der Waals surface area contributed by atoms with E-state index in [0.717, 1.165) is 33.0 Å². The predicted octanol–water partition coefficient (Wildman–Crippen LogP) is 8.27. The first-order chi connectivity index (χ1) is 31.5. The van der Waals surface area contributed by atoms with Gasteiger partial charge in [0.1, 0.15) is 46.6 Å². The van der Waals surface area contributed by atoms with Crippen molar-refractivity contribution in [2.75, 3.05) is 32.8 Å². The number of carbonyl (C=O) groups is 4. The van der Waals surface area contributed by atoms with Crippen LogP contribution in [0.25, 0.3) is 20.5 Å². The molecule has 3 amide bonds. The third-order valence-corrected chi connectivity index (χ3v) is 13.6. The molecule has 0 saturated carbocycles. The molecule has 0 aliphatic carbocycles. The number of carbonyl (C=O) groups excluding carboxylic acids is 4. The molecule has 16 heteroatoms. The minimum atomic E-state index is -0.976. The number of benzene rings is 4. The number of aromatic hydroxyl groups is 1. The van der Waals surface area contributed by atoms with E-state index in [1.807, 2.05) is 76.2 Å². The van der Waals surface area contributed by atoms with Crippen molar-refractivity contribution in [1.29, 1.82) is 0 Å². The highest BCUT2D eigenvalue weighted by Gasteiger charge is 2.45. The molecule has 6 aromatic rings. The maximum atomic E-state index is 14.2. The van der Waals surface area contributed by atoms with E-state index in [0.29, 0.717) is 40.4 Å². The van der Waals surface area contributed by atoms with Crippen molar-refractivity contribution in [1.82, 2.24) is 25.4 Å². The van der Waals surface area contributed by atoms with E-state index in [2.05, 4.69) is 15.6 Å². The molecule has 7 rings (SSSR count). The van der Waals surface area contributed by atoms with Gasteiger partial charge in [-0.3, -0.25) is 24.1 Å². The Morgan fingerprint density at radius 3 is 2.38 bits per heavy atom. The summed E-state index contributed by atoms with van der Waals surface area (Å²) in [7, 11) is 0. The molecular formula is C50H54FN5O8S2. The van der Waals surface area contributed by atoms with E-state index in [4.69, 9.17) is 9.47 Å². The van der Waals surface area contributed by atoms with Gasteiger partial charge in [0, 0.05) is 35.2 Å². The topological polar surface area (TPSA) is 171 Å². The van der Waals surface area contributed by atoms with E-state index in [9.17, 15) is 33.8 Å². The third kappa shape index (κ3) is 11.2. The lowest BCUT2D eigenvalue weighted by atomic mass is 9.85. The molecule has 346 valence electrons. The van der Waals surface area contributed by atoms with Crippen LogP contribution in [-0.4, -0.2) is 99.5 Å². The fourth-order valence-electron chi connectivity index (χ4n) is 7.86. The van der Waals surface area contributed by atoms with Crippen LogP contribution >= 0.6 is 22.7 Å². The van der Waals surface area contributed by atoms with E-state index in [-0.39, 0.29) is 60.2 Å². The number of aliphatic hydroxyl groups is 1. The van der Waals surface area contributed by atoms with E-state index < -0.39 is 41.1 Å². The summed E-state index contributed by atoms with van der Waals surface area (Å²) in [5, 5.41) is 27.4. The minimum absolute atomic E-state index is 0.0129. The fraction of sp³-hybridized carbons (Fsp3) is 0.340. The van der Waals surface area contributed by atoms with Gasteiger partial charge in [-0.25, -0.2) is 9.37 Å². The van der Waals surface area contributed by atoms with Crippen molar-refractivity contribution in [3.8, 4) is 33.4 Å². The Morgan fingerprint density at radius 2 is 1.71 bits per heavy atom. The number of thiophene rings is 1. The second-order valence-electron chi connectivity index (χ2n) is 17.5. The van der Waals surface area contributed by atoms with Crippen LogP contribution in [0.4, 0.5) is 4.39 Å². The quantitative estimate of drug-likeness (QED) is 0.0653. The fourth-order valence-corrected chi connectivity index (χ4v) is 9.80. The summed E-state index contributed by atoms with van der Waals surface area (Å²) >= 11 is 2.71.